The Morgan fingerprint density at radius 2 is 1.96 bits per heavy atom. The van der Waals surface area contributed by atoms with Crippen molar-refractivity contribution in [1.29, 1.82) is 0 Å². The second kappa shape index (κ2) is 8.39. The average Bonchev–Trinajstić information content (AvgIpc) is 2.68. The summed E-state index contributed by atoms with van der Waals surface area (Å²) in [7, 11) is 1.35. The third-order valence-electron chi connectivity index (χ3n) is 4.46. The molecule has 0 bridgehead atoms. The van der Waals surface area contributed by atoms with Crippen LogP contribution in [0, 0.1) is 13.8 Å². The van der Waals surface area contributed by atoms with Crippen LogP contribution in [0.5, 0.6) is 0 Å². The van der Waals surface area contributed by atoms with Crippen LogP contribution in [0.3, 0.4) is 0 Å². The topological polar surface area (TPSA) is 61.2 Å². The van der Waals surface area contributed by atoms with Gasteiger partial charge in [0.05, 0.1) is 24.4 Å². The standard InChI is InChI=1S/C21H22N2O3S/c1-14-8-9-15(2)16(12-14)13-27-21-22-18-7-5-4-6-17(18)20(25)23(21)11-10-19(24)26-3/h4-9,12H,10-11,13H2,1-3H3. The Hall–Kier alpha value is -2.60. The molecule has 3 rings (SSSR count). The van der Waals surface area contributed by atoms with Crippen LogP contribution in [0.1, 0.15) is 23.1 Å². The van der Waals surface area contributed by atoms with Crippen LogP contribution in [0.2, 0.25) is 0 Å². The first kappa shape index (κ1) is 19.2. The number of ether oxygens (including phenoxy) is 1. The second-order valence-corrected chi connectivity index (χ2v) is 7.36. The number of esters is 1. The second-order valence-electron chi connectivity index (χ2n) is 6.41. The largest absolute Gasteiger partial charge is 0.469 e. The molecule has 0 radical (unpaired) electrons. The molecule has 1 aromatic heterocycles. The summed E-state index contributed by atoms with van der Waals surface area (Å²) in [6.45, 7) is 4.39. The molecule has 3 aromatic rings. The highest BCUT2D eigenvalue weighted by Crippen LogP contribution is 2.24. The fraction of sp³-hybridized carbons (Fsp3) is 0.286. The molecule has 27 heavy (non-hydrogen) atoms. The maximum atomic E-state index is 12.9. The number of carbonyl (C=O) groups excluding carboxylic acids is 1. The van der Waals surface area contributed by atoms with Crippen molar-refractivity contribution in [3.8, 4) is 0 Å². The van der Waals surface area contributed by atoms with E-state index in [0.717, 1.165) is 0 Å². The van der Waals surface area contributed by atoms with Gasteiger partial charge < -0.3 is 4.74 Å². The lowest BCUT2D eigenvalue weighted by Crippen LogP contribution is -2.24. The first-order valence-electron chi connectivity index (χ1n) is 8.75. The van der Waals surface area contributed by atoms with Crippen molar-refractivity contribution >= 4 is 28.6 Å². The van der Waals surface area contributed by atoms with Crippen molar-refractivity contribution in [3.63, 3.8) is 0 Å². The van der Waals surface area contributed by atoms with E-state index in [1.165, 1.54) is 35.6 Å². The van der Waals surface area contributed by atoms with Crippen molar-refractivity contribution in [3.05, 3.63) is 69.5 Å². The van der Waals surface area contributed by atoms with Gasteiger partial charge >= 0.3 is 5.97 Å². The number of para-hydroxylation sites is 1. The van der Waals surface area contributed by atoms with E-state index in [4.69, 9.17) is 4.74 Å². The van der Waals surface area contributed by atoms with Crippen LogP contribution >= 0.6 is 11.8 Å². The number of fused-ring (bicyclic) bond motifs is 1. The highest BCUT2D eigenvalue weighted by molar-refractivity contribution is 7.98. The first-order valence-corrected chi connectivity index (χ1v) is 9.73. The van der Waals surface area contributed by atoms with Gasteiger partial charge in [-0.2, -0.15) is 0 Å². The van der Waals surface area contributed by atoms with Gasteiger partial charge in [-0.15, -0.1) is 0 Å². The van der Waals surface area contributed by atoms with Gasteiger partial charge in [0, 0.05) is 12.3 Å². The molecule has 0 saturated carbocycles. The van der Waals surface area contributed by atoms with Crippen molar-refractivity contribution in [2.24, 2.45) is 0 Å². The summed E-state index contributed by atoms with van der Waals surface area (Å²) in [6.07, 6.45) is 0.132. The molecular weight excluding hydrogens is 360 g/mol. The van der Waals surface area contributed by atoms with Gasteiger partial charge in [0.15, 0.2) is 5.16 Å². The number of thioether (sulfide) groups is 1. The zero-order chi connectivity index (χ0) is 19.4. The van der Waals surface area contributed by atoms with E-state index in [9.17, 15) is 9.59 Å². The van der Waals surface area contributed by atoms with E-state index >= 15 is 0 Å². The molecule has 0 amide bonds. The van der Waals surface area contributed by atoms with Crippen LogP contribution in [0.15, 0.2) is 52.4 Å². The zero-order valence-corrected chi connectivity index (χ0v) is 16.5. The molecule has 2 aromatic carbocycles. The summed E-state index contributed by atoms with van der Waals surface area (Å²) in [5, 5.41) is 1.17. The molecule has 0 aliphatic rings. The molecule has 5 nitrogen and oxygen atoms in total. The summed E-state index contributed by atoms with van der Waals surface area (Å²) < 4.78 is 6.29. The predicted octanol–water partition coefficient (Wildman–Crippen LogP) is 3.87. The number of rotatable bonds is 6. The molecule has 140 valence electrons. The maximum absolute atomic E-state index is 12.9. The number of hydrogen-bond acceptors (Lipinski definition) is 5. The van der Waals surface area contributed by atoms with E-state index in [1.54, 1.807) is 10.6 Å². The minimum absolute atomic E-state index is 0.132. The van der Waals surface area contributed by atoms with Crippen LogP contribution in [-0.2, 0) is 21.8 Å². The van der Waals surface area contributed by atoms with E-state index < -0.39 is 0 Å². The number of nitrogens with zero attached hydrogens (tertiary/aromatic N) is 2. The number of carbonyl (C=O) groups is 1. The predicted molar refractivity (Wildman–Crippen MR) is 108 cm³/mol. The van der Waals surface area contributed by atoms with Gasteiger partial charge in [-0.1, -0.05) is 47.7 Å². The lowest BCUT2D eigenvalue weighted by molar-refractivity contribution is -0.140. The van der Waals surface area contributed by atoms with Gasteiger partial charge in [-0.25, -0.2) is 4.98 Å². The van der Waals surface area contributed by atoms with Crippen LogP contribution in [-0.4, -0.2) is 22.6 Å². The number of hydrogen-bond donors (Lipinski definition) is 0. The number of methoxy groups -OCH3 is 1. The Labute approximate surface area is 162 Å². The normalized spacial score (nSPS) is 10.9. The van der Waals surface area contributed by atoms with E-state index in [1.807, 2.05) is 18.2 Å². The fourth-order valence-corrected chi connectivity index (χ4v) is 3.95. The maximum Gasteiger partial charge on any atom is 0.307 e. The summed E-state index contributed by atoms with van der Waals surface area (Å²) in [6, 6.07) is 13.6. The quantitative estimate of drug-likeness (QED) is 0.368. The smallest absolute Gasteiger partial charge is 0.307 e. The molecule has 0 unspecified atom stereocenters. The Bertz CT molecular complexity index is 1040. The highest BCUT2D eigenvalue weighted by Gasteiger charge is 2.13. The molecule has 0 spiro atoms. The minimum Gasteiger partial charge on any atom is -0.469 e. The van der Waals surface area contributed by atoms with Crippen LogP contribution in [0.25, 0.3) is 10.9 Å². The molecule has 0 aliphatic heterocycles. The Balaban J connectivity index is 1.97. The Morgan fingerprint density at radius 3 is 2.74 bits per heavy atom. The molecule has 0 saturated heterocycles. The van der Waals surface area contributed by atoms with Crippen molar-refractivity contribution in [2.45, 2.75) is 37.7 Å². The van der Waals surface area contributed by atoms with Gasteiger partial charge in [0.25, 0.3) is 5.56 Å². The lowest BCUT2D eigenvalue weighted by Gasteiger charge is -2.13. The summed E-state index contributed by atoms with van der Waals surface area (Å²) >= 11 is 1.51. The molecule has 0 N–H and O–H groups in total. The molecule has 0 aliphatic carbocycles. The highest BCUT2D eigenvalue weighted by atomic mass is 32.2. The average molecular weight is 382 g/mol. The van der Waals surface area contributed by atoms with Gasteiger partial charge in [-0.3, -0.25) is 14.2 Å². The monoisotopic (exact) mass is 382 g/mol. The molecule has 0 fully saturated rings. The molecular formula is C21H22N2O3S. The number of benzene rings is 2. The third-order valence-corrected chi connectivity index (χ3v) is 5.48. The van der Waals surface area contributed by atoms with Crippen LogP contribution < -0.4 is 5.56 Å². The van der Waals surface area contributed by atoms with Gasteiger partial charge in [-0.05, 0) is 37.1 Å². The van der Waals surface area contributed by atoms with E-state index in [-0.39, 0.29) is 24.5 Å². The molecule has 0 atom stereocenters. The molecule has 1 heterocycles. The van der Waals surface area contributed by atoms with Crippen molar-refractivity contribution in [2.75, 3.05) is 7.11 Å². The summed E-state index contributed by atoms with van der Waals surface area (Å²) in [4.78, 5) is 29.2. The van der Waals surface area contributed by atoms with Crippen molar-refractivity contribution in [1.82, 2.24) is 9.55 Å². The SMILES string of the molecule is COC(=O)CCn1c(SCc2cc(C)ccc2C)nc2ccccc2c1=O. The summed E-state index contributed by atoms with van der Waals surface area (Å²) in [5.74, 6) is 0.358. The number of aromatic nitrogens is 2. The fourth-order valence-electron chi connectivity index (χ4n) is 2.86. The first-order chi connectivity index (χ1) is 13.0. The minimum atomic E-state index is -0.347. The van der Waals surface area contributed by atoms with Crippen molar-refractivity contribution < 1.29 is 9.53 Å². The van der Waals surface area contributed by atoms with Gasteiger partial charge in [0.2, 0.25) is 0 Å². The van der Waals surface area contributed by atoms with Crippen LogP contribution in [0.4, 0.5) is 0 Å². The molecule has 6 heteroatoms. The zero-order valence-electron chi connectivity index (χ0n) is 15.7. The van der Waals surface area contributed by atoms with Gasteiger partial charge in [0.1, 0.15) is 0 Å². The Morgan fingerprint density at radius 1 is 1.19 bits per heavy atom. The van der Waals surface area contributed by atoms with E-state index in [2.05, 4.69) is 37.0 Å². The number of aryl methyl sites for hydroxylation is 2. The van der Waals surface area contributed by atoms with E-state index in [0.29, 0.717) is 21.8 Å². The lowest BCUT2D eigenvalue weighted by atomic mass is 10.1. The third kappa shape index (κ3) is 4.39. The summed E-state index contributed by atoms with van der Waals surface area (Å²) in [5.41, 5.74) is 4.15. The Kier molecular flexibility index (Phi) is 5.96.